The van der Waals surface area contributed by atoms with Crippen molar-refractivity contribution in [2.45, 2.75) is 37.5 Å². The number of aromatic nitrogens is 4. The van der Waals surface area contributed by atoms with Crippen molar-refractivity contribution in [1.29, 1.82) is 0 Å². The lowest BCUT2D eigenvalue weighted by molar-refractivity contribution is -0.123. The Morgan fingerprint density at radius 3 is 2.71 bits per heavy atom. The Kier molecular flexibility index (Phi) is 4.47. The predicted molar refractivity (Wildman–Crippen MR) is 65.4 cm³/mol. The average Bonchev–Trinajstić information content (AvgIpc) is 2.60. The van der Waals surface area contributed by atoms with Gasteiger partial charge in [0, 0.05) is 18.8 Å². The highest BCUT2D eigenvalue weighted by Crippen LogP contribution is 2.19. The third-order valence-corrected chi connectivity index (χ3v) is 3.55. The summed E-state index contributed by atoms with van der Waals surface area (Å²) in [6.07, 6.45) is 0. The van der Waals surface area contributed by atoms with Gasteiger partial charge in [-0.2, -0.15) is 0 Å². The molecule has 1 aromatic rings. The highest BCUT2D eigenvalue weighted by molar-refractivity contribution is 7.99. The Hall–Kier alpha value is -1.15. The summed E-state index contributed by atoms with van der Waals surface area (Å²) >= 11 is 1.39. The molecule has 1 unspecified atom stereocenters. The number of thioether (sulfide) groups is 1. The highest BCUT2D eigenvalue weighted by Gasteiger charge is 2.32. The molecule has 96 valence electrons. The van der Waals surface area contributed by atoms with E-state index in [1.165, 1.54) is 11.8 Å². The Labute approximate surface area is 105 Å². The summed E-state index contributed by atoms with van der Waals surface area (Å²) in [7, 11) is 1.75. The van der Waals surface area contributed by atoms with Crippen LogP contribution in [0.5, 0.6) is 0 Å². The van der Waals surface area contributed by atoms with Crippen molar-refractivity contribution >= 4 is 17.7 Å². The Bertz CT molecular complexity index is 393. The van der Waals surface area contributed by atoms with E-state index in [1.54, 1.807) is 18.7 Å². The average molecular weight is 258 g/mol. The van der Waals surface area contributed by atoms with Gasteiger partial charge in [-0.25, -0.2) is 4.68 Å². The van der Waals surface area contributed by atoms with Crippen LogP contribution in [0.15, 0.2) is 5.16 Å². The predicted octanol–water partition coefficient (Wildman–Crippen LogP) is -0.456. The summed E-state index contributed by atoms with van der Waals surface area (Å²) in [6.45, 7) is 5.72. The number of nitrogens with zero attached hydrogens (tertiary/aromatic N) is 4. The fourth-order valence-electron chi connectivity index (χ4n) is 1.37. The molecule has 3 N–H and O–H groups in total. The first-order chi connectivity index (χ1) is 7.85. The van der Waals surface area contributed by atoms with Crippen molar-refractivity contribution < 1.29 is 4.79 Å². The van der Waals surface area contributed by atoms with E-state index in [4.69, 9.17) is 5.73 Å². The van der Waals surface area contributed by atoms with Crippen LogP contribution in [0.25, 0.3) is 0 Å². The topological polar surface area (TPSA) is 98.7 Å². The van der Waals surface area contributed by atoms with Crippen LogP contribution in [0, 0.1) is 0 Å². The largest absolute Gasteiger partial charge is 0.368 e. The molecule has 1 heterocycles. The van der Waals surface area contributed by atoms with Crippen molar-refractivity contribution in [3.63, 3.8) is 0 Å². The molecule has 8 heteroatoms. The number of carbonyl (C=O) groups is 1. The van der Waals surface area contributed by atoms with Gasteiger partial charge >= 0.3 is 0 Å². The van der Waals surface area contributed by atoms with Gasteiger partial charge in [0.1, 0.15) is 5.54 Å². The van der Waals surface area contributed by atoms with Crippen LogP contribution in [0.2, 0.25) is 0 Å². The first kappa shape index (κ1) is 13.9. The molecule has 0 spiro atoms. The maximum Gasteiger partial charge on any atom is 0.238 e. The first-order valence-corrected chi connectivity index (χ1v) is 6.26. The molecule has 1 rings (SSSR count). The minimum absolute atomic E-state index is 0.172. The number of hydrogen-bond donors (Lipinski definition) is 2. The number of primary amides is 1. The monoisotopic (exact) mass is 258 g/mol. The number of carbonyl (C=O) groups excluding carboxylic acids is 1. The molecule has 0 radical (unpaired) electrons. The van der Waals surface area contributed by atoms with Crippen molar-refractivity contribution in [2.24, 2.45) is 12.8 Å². The van der Waals surface area contributed by atoms with Gasteiger partial charge in [-0.05, 0) is 31.2 Å². The number of aryl methyl sites for hydroxylation is 1. The Morgan fingerprint density at radius 2 is 2.29 bits per heavy atom. The number of hydrogen-bond acceptors (Lipinski definition) is 6. The molecule has 1 atom stereocenters. The number of nitrogens with two attached hydrogens (primary N) is 1. The van der Waals surface area contributed by atoms with Crippen molar-refractivity contribution in [2.75, 3.05) is 5.75 Å². The lowest BCUT2D eigenvalue weighted by Gasteiger charge is -2.29. The summed E-state index contributed by atoms with van der Waals surface area (Å²) in [5.41, 5.74) is 4.65. The van der Waals surface area contributed by atoms with Crippen molar-refractivity contribution in [3.05, 3.63) is 0 Å². The standard InChI is InChI=1S/C9H18N6OS/c1-6(2)11-9(3,7(10)16)5-17-8-12-13-14-15(8)4/h6,11H,5H2,1-4H3,(H2,10,16). The van der Waals surface area contributed by atoms with Crippen LogP contribution < -0.4 is 11.1 Å². The van der Waals surface area contributed by atoms with Crippen LogP contribution >= 0.6 is 11.8 Å². The lowest BCUT2D eigenvalue weighted by Crippen LogP contribution is -2.57. The summed E-state index contributed by atoms with van der Waals surface area (Å²) < 4.78 is 1.56. The number of nitrogens with one attached hydrogen (secondary N) is 1. The molecular formula is C9H18N6OS. The molecule has 0 saturated carbocycles. The third kappa shape index (κ3) is 3.67. The lowest BCUT2D eigenvalue weighted by atomic mass is 10.0. The zero-order valence-corrected chi connectivity index (χ0v) is 11.3. The molecule has 0 fully saturated rings. The maximum atomic E-state index is 11.5. The number of amides is 1. The first-order valence-electron chi connectivity index (χ1n) is 5.28. The molecule has 7 nitrogen and oxygen atoms in total. The van der Waals surface area contributed by atoms with Gasteiger partial charge in [0.15, 0.2) is 0 Å². The molecule has 0 saturated heterocycles. The smallest absolute Gasteiger partial charge is 0.238 e. The highest BCUT2D eigenvalue weighted by atomic mass is 32.2. The zero-order chi connectivity index (χ0) is 13.1. The Morgan fingerprint density at radius 1 is 1.65 bits per heavy atom. The summed E-state index contributed by atoms with van der Waals surface area (Å²) in [5, 5.41) is 14.9. The summed E-state index contributed by atoms with van der Waals surface area (Å²) in [4.78, 5) is 11.5. The minimum Gasteiger partial charge on any atom is -0.368 e. The van der Waals surface area contributed by atoms with E-state index in [1.807, 2.05) is 13.8 Å². The van der Waals surface area contributed by atoms with Gasteiger partial charge in [0.2, 0.25) is 11.1 Å². The SMILES string of the molecule is CC(C)NC(C)(CSc1nnnn1C)C(N)=O. The van der Waals surface area contributed by atoms with E-state index in [9.17, 15) is 4.79 Å². The van der Waals surface area contributed by atoms with Gasteiger partial charge < -0.3 is 11.1 Å². The quantitative estimate of drug-likeness (QED) is 0.670. The number of rotatable bonds is 6. The summed E-state index contributed by atoms with van der Waals surface area (Å²) in [5.74, 6) is 0.100. The van der Waals surface area contributed by atoms with Gasteiger partial charge in [-0.15, -0.1) is 5.10 Å². The van der Waals surface area contributed by atoms with Crippen LogP contribution in [0.3, 0.4) is 0 Å². The molecule has 0 aromatic carbocycles. The van der Waals surface area contributed by atoms with E-state index in [-0.39, 0.29) is 11.9 Å². The van der Waals surface area contributed by atoms with Crippen molar-refractivity contribution in [1.82, 2.24) is 25.5 Å². The zero-order valence-electron chi connectivity index (χ0n) is 10.5. The second-order valence-corrected chi connectivity index (χ2v) is 5.31. The normalized spacial score (nSPS) is 14.9. The second-order valence-electron chi connectivity index (χ2n) is 4.37. The molecule has 0 aliphatic heterocycles. The van der Waals surface area contributed by atoms with E-state index in [2.05, 4.69) is 20.8 Å². The van der Waals surface area contributed by atoms with Gasteiger partial charge in [0.05, 0.1) is 0 Å². The molecule has 0 aliphatic carbocycles. The molecule has 0 bridgehead atoms. The number of tetrazole rings is 1. The van der Waals surface area contributed by atoms with Crippen LogP contribution in [-0.4, -0.2) is 43.4 Å². The van der Waals surface area contributed by atoms with Gasteiger partial charge in [-0.3, -0.25) is 4.79 Å². The molecular weight excluding hydrogens is 240 g/mol. The van der Waals surface area contributed by atoms with Crippen LogP contribution in [-0.2, 0) is 11.8 Å². The van der Waals surface area contributed by atoms with Gasteiger partial charge in [-0.1, -0.05) is 11.8 Å². The molecule has 0 aliphatic rings. The molecule has 17 heavy (non-hydrogen) atoms. The van der Waals surface area contributed by atoms with E-state index < -0.39 is 5.54 Å². The van der Waals surface area contributed by atoms with E-state index in [0.717, 1.165) is 0 Å². The third-order valence-electron chi connectivity index (χ3n) is 2.22. The maximum absolute atomic E-state index is 11.5. The van der Waals surface area contributed by atoms with Crippen LogP contribution in [0.4, 0.5) is 0 Å². The fraction of sp³-hybridized carbons (Fsp3) is 0.778. The van der Waals surface area contributed by atoms with Crippen LogP contribution in [0.1, 0.15) is 20.8 Å². The van der Waals surface area contributed by atoms with E-state index >= 15 is 0 Å². The van der Waals surface area contributed by atoms with Crippen molar-refractivity contribution in [3.8, 4) is 0 Å². The molecule has 1 aromatic heterocycles. The van der Waals surface area contributed by atoms with E-state index in [0.29, 0.717) is 10.9 Å². The Balaban J connectivity index is 2.68. The minimum atomic E-state index is -0.773. The summed E-state index contributed by atoms with van der Waals surface area (Å²) in [6, 6.07) is 0.172. The fourth-order valence-corrected chi connectivity index (χ4v) is 2.33. The molecule has 1 amide bonds. The van der Waals surface area contributed by atoms with Gasteiger partial charge in [0.25, 0.3) is 0 Å². The second kappa shape index (κ2) is 5.46.